The van der Waals surface area contributed by atoms with Crippen LogP contribution in [0, 0.1) is 6.92 Å². The zero-order valence-electron chi connectivity index (χ0n) is 16.6. The van der Waals surface area contributed by atoms with Gasteiger partial charge in [0.05, 0.1) is 22.1 Å². The van der Waals surface area contributed by atoms with Crippen LogP contribution >= 0.6 is 35.0 Å². The molecule has 0 saturated carbocycles. The maximum atomic E-state index is 13.1. The molecular weight excluding hydrogens is 480 g/mol. The Bertz CT molecular complexity index is 1070. The third-order valence-electron chi connectivity index (χ3n) is 5.24. The van der Waals surface area contributed by atoms with E-state index >= 15 is 0 Å². The van der Waals surface area contributed by atoms with Gasteiger partial charge >= 0.3 is 17.4 Å². The molecule has 0 radical (unpaired) electrons. The van der Waals surface area contributed by atoms with Gasteiger partial charge in [0.1, 0.15) is 28.4 Å². The summed E-state index contributed by atoms with van der Waals surface area (Å²) in [7, 11) is 0. The number of amides is 2. The van der Waals surface area contributed by atoms with E-state index in [0.717, 1.165) is 0 Å². The Balaban J connectivity index is 0.00000272. The van der Waals surface area contributed by atoms with E-state index < -0.39 is 40.0 Å². The van der Waals surface area contributed by atoms with E-state index in [0.29, 0.717) is 15.6 Å². The fourth-order valence-corrected chi connectivity index (χ4v) is 6.07. The Morgan fingerprint density at radius 3 is 2.48 bits per heavy atom. The van der Waals surface area contributed by atoms with Gasteiger partial charge < -0.3 is 24.6 Å². The van der Waals surface area contributed by atoms with E-state index in [1.54, 1.807) is 39.0 Å². The SMILES string of the molecule is Cc1onc(-c2c(Cl)cccc2Cl)c1C(=O)N[C@H]1C(=O)N2[C@H]1SC(C)(C)[C@H]2C(=O)[O-].[Al+3]. The molecule has 0 unspecified atom stereocenters. The third-order valence-corrected chi connectivity index (χ3v) is 7.44. The molecule has 2 amide bonds. The fraction of sp³-hybridized carbons (Fsp3) is 0.368. The Morgan fingerprint density at radius 1 is 1.29 bits per heavy atom. The number of aromatic nitrogens is 1. The molecule has 0 aliphatic carbocycles. The minimum atomic E-state index is -1.32. The number of carbonyl (C=O) groups is 3. The van der Waals surface area contributed by atoms with Crippen molar-refractivity contribution in [1.82, 2.24) is 15.4 Å². The zero-order chi connectivity index (χ0) is 22.0. The second-order valence-electron chi connectivity index (χ2n) is 7.59. The predicted octanol–water partition coefficient (Wildman–Crippen LogP) is 1.49. The number of halogens is 2. The van der Waals surface area contributed by atoms with Gasteiger partial charge in [-0.3, -0.25) is 9.59 Å². The summed E-state index contributed by atoms with van der Waals surface area (Å²) >= 11 is 13.8. The van der Waals surface area contributed by atoms with Crippen molar-refractivity contribution in [2.75, 3.05) is 0 Å². The number of carboxylic acid groups (broad SMARTS) is 1. The minimum absolute atomic E-state index is 0. The predicted molar refractivity (Wildman–Crippen MR) is 115 cm³/mol. The van der Waals surface area contributed by atoms with Crippen LogP contribution in [0.25, 0.3) is 11.3 Å². The summed E-state index contributed by atoms with van der Waals surface area (Å²) < 4.78 is 4.45. The first-order valence-electron chi connectivity index (χ1n) is 8.97. The molecule has 2 saturated heterocycles. The number of nitrogens with zero attached hydrogens (tertiary/aromatic N) is 2. The monoisotopic (exact) mass is 495 g/mol. The van der Waals surface area contributed by atoms with Crippen molar-refractivity contribution >= 4 is 70.1 Å². The molecule has 0 spiro atoms. The molecule has 2 aliphatic heterocycles. The summed E-state index contributed by atoms with van der Waals surface area (Å²) in [6.45, 7) is 5.01. The molecule has 2 aromatic rings. The average molecular weight is 496 g/mol. The summed E-state index contributed by atoms with van der Waals surface area (Å²) in [6.07, 6.45) is 0. The van der Waals surface area contributed by atoms with Gasteiger partial charge in [-0.25, -0.2) is 0 Å². The molecule has 3 heterocycles. The first-order valence-corrected chi connectivity index (χ1v) is 10.6. The van der Waals surface area contributed by atoms with Crippen molar-refractivity contribution in [3.05, 3.63) is 39.6 Å². The van der Waals surface area contributed by atoms with Crippen molar-refractivity contribution < 1.29 is 24.0 Å². The molecule has 1 N–H and O–H groups in total. The van der Waals surface area contributed by atoms with Crippen molar-refractivity contribution in [1.29, 1.82) is 0 Å². The standard InChI is InChI=1S/C19H17Cl2N3O5S.Al/c1-7-10(12(23-29-7)11-8(20)5-4-6-9(11)21)15(25)22-13-16(26)24-14(18(27)28)19(2,3)30-17(13)24;/h4-6,13-14,17H,1-3H3,(H,22,25)(H,27,28);/q;+3/p-1/t13-,14+,17-;/m0./s1. The molecule has 8 nitrogen and oxygen atoms in total. The van der Waals surface area contributed by atoms with E-state index in [2.05, 4.69) is 10.5 Å². The maximum absolute atomic E-state index is 13.1. The third kappa shape index (κ3) is 3.75. The van der Waals surface area contributed by atoms with Gasteiger partial charge in [0.2, 0.25) is 5.91 Å². The molecule has 158 valence electrons. The van der Waals surface area contributed by atoms with Crippen LogP contribution in [-0.4, -0.2) is 67.4 Å². The Labute approximate surface area is 202 Å². The molecule has 2 aliphatic rings. The van der Waals surface area contributed by atoms with Gasteiger partial charge in [-0.1, -0.05) is 34.4 Å². The van der Waals surface area contributed by atoms with Crippen LogP contribution in [0.1, 0.15) is 30.0 Å². The Hall–Kier alpha value is -1.70. The van der Waals surface area contributed by atoms with Gasteiger partial charge in [0.15, 0.2) is 0 Å². The molecule has 4 rings (SSSR count). The van der Waals surface area contributed by atoms with Gasteiger partial charge in [0.25, 0.3) is 5.91 Å². The second-order valence-corrected chi connectivity index (χ2v) is 10.2. The van der Waals surface area contributed by atoms with Crippen LogP contribution in [0.2, 0.25) is 10.0 Å². The van der Waals surface area contributed by atoms with Gasteiger partial charge in [0, 0.05) is 10.3 Å². The molecule has 0 bridgehead atoms. The average Bonchev–Trinajstić information content (AvgIpc) is 3.14. The minimum Gasteiger partial charge on any atom is -0.548 e. The largest absolute Gasteiger partial charge is 3.00 e. The normalized spacial score (nSPS) is 23.6. The Kier molecular flexibility index (Phi) is 6.44. The molecule has 1 aromatic heterocycles. The van der Waals surface area contributed by atoms with Crippen LogP contribution in [0.15, 0.2) is 22.7 Å². The number of nitrogens with one attached hydrogen (secondary N) is 1. The molecule has 2 fully saturated rings. The first kappa shape index (κ1) is 24.0. The Morgan fingerprint density at radius 2 is 1.90 bits per heavy atom. The summed E-state index contributed by atoms with van der Waals surface area (Å²) in [6, 6.07) is 2.94. The van der Waals surface area contributed by atoms with E-state index in [9.17, 15) is 19.5 Å². The second kappa shape index (κ2) is 8.34. The zero-order valence-corrected chi connectivity index (χ0v) is 20.1. The van der Waals surface area contributed by atoms with Gasteiger partial charge in [-0.05, 0) is 32.9 Å². The van der Waals surface area contributed by atoms with Crippen LogP contribution in [0.5, 0.6) is 0 Å². The number of β-lactam (4-membered cyclic amide) rings is 1. The van der Waals surface area contributed by atoms with E-state index in [4.69, 9.17) is 27.7 Å². The topological polar surface area (TPSA) is 116 Å². The number of thioether (sulfide) groups is 1. The van der Waals surface area contributed by atoms with Crippen molar-refractivity contribution in [3.8, 4) is 11.3 Å². The molecule has 3 atom stereocenters. The molecular formula is C19H16AlCl2N3O5S+2. The molecule has 12 heteroatoms. The van der Waals surface area contributed by atoms with Crippen molar-refractivity contribution in [3.63, 3.8) is 0 Å². The molecule has 1 aromatic carbocycles. The summed E-state index contributed by atoms with van der Waals surface area (Å²) in [4.78, 5) is 38.5. The summed E-state index contributed by atoms with van der Waals surface area (Å²) in [5, 5.41) is 18.2. The quantitative estimate of drug-likeness (QED) is 0.504. The van der Waals surface area contributed by atoms with Crippen LogP contribution in [0.3, 0.4) is 0 Å². The van der Waals surface area contributed by atoms with E-state index in [-0.39, 0.29) is 34.4 Å². The number of aryl methyl sites for hydroxylation is 1. The number of carbonyl (C=O) groups excluding carboxylic acids is 3. The van der Waals surface area contributed by atoms with Crippen LogP contribution in [0.4, 0.5) is 0 Å². The number of benzene rings is 1. The van der Waals surface area contributed by atoms with Crippen molar-refractivity contribution in [2.24, 2.45) is 0 Å². The smallest absolute Gasteiger partial charge is 0.548 e. The number of hydrogen-bond donors (Lipinski definition) is 1. The van der Waals surface area contributed by atoms with Crippen LogP contribution in [-0.2, 0) is 9.59 Å². The number of rotatable bonds is 4. The van der Waals surface area contributed by atoms with E-state index in [1.807, 2.05) is 0 Å². The number of aliphatic carboxylic acids is 1. The fourth-order valence-electron chi connectivity index (χ4n) is 3.87. The molecule has 31 heavy (non-hydrogen) atoms. The van der Waals surface area contributed by atoms with Crippen molar-refractivity contribution in [2.45, 2.75) is 43.0 Å². The summed E-state index contributed by atoms with van der Waals surface area (Å²) in [5.41, 5.74) is 0.615. The van der Waals surface area contributed by atoms with Gasteiger partial charge in [-0.2, -0.15) is 0 Å². The number of carboxylic acids is 1. The first-order chi connectivity index (χ1) is 14.0. The maximum Gasteiger partial charge on any atom is 3.00 e. The van der Waals surface area contributed by atoms with Gasteiger partial charge in [-0.15, -0.1) is 11.8 Å². The van der Waals surface area contributed by atoms with E-state index in [1.165, 1.54) is 16.7 Å². The summed E-state index contributed by atoms with van der Waals surface area (Å²) in [5.74, 6) is -2.16. The van der Waals surface area contributed by atoms with Crippen LogP contribution < -0.4 is 10.4 Å². The number of hydrogen-bond acceptors (Lipinski definition) is 7. The number of fused-ring (bicyclic) bond motifs is 1.